The predicted molar refractivity (Wildman–Crippen MR) is 161 cm³/mol. The van der Waals surface area contributed by atoms with Gasteiger partial charge in [0.2, 0.25) is 23.9 Å². The third-order valence-corrected chi connectivity index (χ3v) is 6.92. The molecule has 0 saturated carbocycles. The highest BCUT2D eigenvalue weighted by atomic mass is 32.2. The second-order valence-corrected chi connectivity index (χ2v) is 11.0. The van der Waals surface area contributed by atoms with Gasteiger partial charge in [-0.1, -0.05) is 45.0 Å². The van der Waals surface area contributed by atoms with E-state index in [-0.39, 0.29) is 29.0 Å². The molecule has 1 aliphatic heterocycles. The lowest BCUT2D eigenvalue weighted by molar-refractivity contribution is 0.0654. The predicted octanol–water partition coefficient (Wildman–Crippen LogP) is 7.18. The Morgan fingerprint density at radius 2 is 1.74 bits per heavy atom. The summed E-state index contributed by atoms with van der Waals surface area (Å²) in [7, 11) is 1.57. The Morgan fingerprint density at radius 1 is 0.976 bits per heavy atom. The van der Waals surface area contributed by atoms with E-state index in [2.05, 4.69) is 31.2 Å². The molecule has 11 heteroatoms. The number of aromatic nitrogens is 3. The molecule has 1 atom stereocenters. The second-order valence-electron chi connectivity index (χ2n) is 10.6. The summed E-state index contributed by atoms with van der Waals surface area (Å²) in [4.78, 5) is 13.5. The molecule has 1 unspecified atom stereocenters. The van der Waals surface area contributed by atoms with Gasteiger partial charge in [0, 0.05) is 24.6 Å². The number of benzene rings is 2. The highest BCUT2D eigenvalue weighted by molar-refractivity contribution is 7.90. The van der Waals surface area contributed by atoms with E-state index in [1.165, 1.54) is 5.56 Å². The zero-order chi connectivity index (χ0) is 29.4. The Balaban J connectivity index is 1.42. The van der Waals surface area contributed by atoms with E-state index >= 15 is 0 Å². The average molecular weight is 591 g/mol. The van der Waals surface area contributed by atoms with E-state index < -0.39 is 0 Å². The van der Waals surface area contributed by atoms with Gasteiger partial charge in [-0.15, -0.1) is 0 Å². The van der Waals surface area contributed by atoms with Crippen molar-refractivity contribution in [3.63, 3.8) is 0 Å². The minimum absolute atomic E-state index is 0.0373. The van der Waals surface area contributed by atoms with E-state index in [1.807, 2.05) is 48.5 Å². The van der Waals surface area contributed by atoms with Gasteiger partial charge in [-0.2, -0.15) is 9.27 Å². The van der Waals surface area contributed by atoms with Crippen LogP contribution >= 0.6 is 12.3 Å². The van der Waals surface area contributed by atoms with E-state index in [0.717, 1.165) is 30.7 Å². The number of ether oxygens (including phenoxy) is 4. The number of hydrogen-bond acceptors (Lipinski definition) is 11. The normalized spacial score (nSPS) is 14.8. The van der Waals surface area contributed by atoms with Crippen LogP contribution in [0.1, 0.15) is 39.2 Å². The Labute approximate surface area is 250 Å². The van der Waals surface area contributed by atoms with Gasteiger partial charge in [0.05, 0.1) is 13.2 Å². The monoisotopic (exact) mass is 590 g/mol. The molecule has 0 amide bonds. The highest BCUT2D eigenvalue weighted by Gasteiger charge is 2.24. The summed E-state index contributed by atoms with van der Waals surface area (Å²) in [6, 6.07) is 18.8. The molecule has 1 fully saturated rings. The van der Waals surface area contributed by atoms with Crippen LogP contribution in [0.5, 0.6) is 28.9 Å². The van der Waals surface area contributed by atoms with Crippen molar-refractivity contribution >= 4 is 18.1 Å². The van der Waals surface area contributed by atoms with Crippen LogP contribution in [-0.4, -0.2) is 41.4 Å². The van der Waals surface area contributed by atoms with E-state index in [1.54, 1.807) is 31.6 Å². The van der Waals surface area contributed by atoms with Crippen molar-refractivity contribution in [2.45, 2.75) is 45.1 Å². The van der Waals surface area contributed by atoms with E-state index in [0.29, 0.717) is 36.3 Å². The molecule has 1 saturated heterocycles. The molecule has 0 spiro atoms. The van der Waals surface area contributed by atoms with Crippen molar-refractivity contribution in [2.24, 2.45) is 0 Å². The number of para-hydroxylation sites is 2. The third kappa shape index (κ3) is 7.61. The first-order chi connectivity index (χ1) is 20.4. The number of nitrogens with one attached hydrogen (secondary N) is 1. The number of hydrogen-bond donors (Lipinski definition) is 1. The Bertz CT molecular complexity index is 1440. The van der Waals surface area contributed by atoms with Gasteiger partial charge in [-0.3, -0.25) is 4.98 Å². The van der Waals surface area contributed by atoms with Crippen molar-refractivity contribution in [3.05, 3.63) is 78.6 Å². The molecule has 4 aromatic rings. The van der Waals surface area contributed by atoms with Crippen LogP contribution in [0.25, 0.3) is 11.4 Å². The summed E-state index contributed by atoms with van der Waals surface area (Å²) in [5.74, 6) is 2.67. The fourth-order valence-corrected chi connectivity index (χ4v) is 4.54. The average Bonchev–Trinajstić information content (AvgIpc) is 3.53. The fraction of sp³-hybridized carbons (Fsp3) is 0.323. The summed E-state index contributed by atoms with van der Waals surface area (Å²) in [6.45, 7) is 7.50. The molecule has 1 N–H and O–H groups in total. The summed E-state index contributed by atoms with van der Waals surface area (Å²) in [6.07, 6.45) is 5.20. The zero-order valence-electron chi connectivity index (χ0n) is 24.0. The first kappa shape index (κ1) is 29.4. The molecule has 42 heavy (non-hydrogen) atoms. The lowest BCUT2D eigenvalue weighted by Crippen LogP contribution is -2.18. The highest BCUT2D eigenvalue weighted by Crippen LogP contribution is 2.41. The molecule has 0 radical (unpaired) electrons. The lowest BCUT2D eigenvalue weighted by atomic mass is 9.87. The van der Waals surface area contributed by atoms with E-state index in [9.17, 15) is 0 Å². The smallest absolute Gasteiger partial charge is 0.263 e. The number of pyridine rings is 1. The number of nitrogens with zero attached hydrogens (tertiary/aromatic N) is 3. The summed E-state index contributed by atoms with van der Waals surface area (Å²) in [5, 5.41) is 0. The molecule has 10 nitrogen and oxygen atoms in total. The van der Waals surface area contributed by atoms with Crippen LogP contribution in [0.4, 0.5) is 5.82 Å². The number of anilines is 1. The molecule has 5 rings (SSSR count). The maximum absolute atomic E-state index is 6.31. The Morgan fingerprint density at radius 3 is 2.43 bits per heavy atom. The largest absolute Gasteiger partial charge is 0.493 e. The lowest BCUT2D eigenvalue weighted by Gasteiger charge is -2.19. The molecule has 220 valence electrons. The van der Waals surface area contributed by atoms with Gasteiger partial charge < -0.3 is 23.1 Å². The van der Waals surface area contributed by atoms with Crippen molar-refractivity contribution < 1.29 is 27.4 Å². The third-order valence-electron chi connectivity index (χ3n) is 6.51. The number of rotatable bonds is 12. The summed E-state index contributed by atoms with van der Waals surface area (Å²) >= 11 is 0.756. The summed E-state index contributed by atoms with van der Waals surface area (Å²) in [5.41, 5.74) is 4.84. The molecular formula is C31H34N4O6S. The van der Waals surface area contributed by atoms with E-state index in [4.69, 9.17) is 37.4 Å². The van der Waals surface area contributed by atoms with Crippen molar-refractivity contribution in [1.29, 1.82) is 0 Å². The van der Waals surface area contributed by atoms with Crippen LogP contribution in [0, 0.1) is 0 Å². The van der Waals surface area contributed by atoms with Crippen LogP contribution in [0.2, 0.25) is 0 Å². The van der Waals surface area contributed by atoms with Gasteiger partial charge in [0.25, 0.3) is 5.88 Å². The van der Waals surface area contributed by atoms with Gasteiger partial charge in [-0.25, -0.2) is 10.5 Å². The first-order valence-electron chi connectivity index (χ1n) is 13.6. The van der Waals surface area contributed by atoms with Gasteiger partial charge in [-0.05, 0) is 60.2 Å². The molecule has 1 aliphatic rings. The molecule has 2 aromatic carbocycles. The quantitative estimate of drug-likeness (QED) is 0.103. The first-order valence-corrected chi connectivity index (χ1v) is 14.3. The Kier molecular flexibility index (Phi) is 9.63. The zero-order valence-corrected chi connectivity index (χ0v) is 24.8. The van der Waals surface area contributed by atoms with Crippen LogP contribution in [0.3, 0.4) is 0 Å². The van der Waals surface area contributed by atoms with Crippen molar-refractivity contribution in [1.82, 2.24) is 15.0 Å². The molecular weight excluding hydrogens is 556 g/mol. The van der Waals surface area contributed by atoms with Gasteiger partial charge in [0.15, 0.2) is 17.3 Å². The van der Waals surface area contributed by atoms with Crippen molar-refractivity contribution in [2.75, 3.05) is 25.8 Å². The maximum atomic E-state index is 6.31. The van der Waals surface area contributed by atoms with Crippen LogP contribution < -0.4 is 23.9 Å². The minimum Gasteiger partial charge on any atom is -0.493 e. The van der Waals surface area contributed by atoms with Gasteiger partial charge in [0.1, 0.15) is 12.4 Å². The van der Waals surface area contributed by atoms with Gasteiger partial charge >= 0.3 is 0 Å². The minimum atomic E-state index is -0.0373. The molecule has 0 aliphatic carbocycles. The summed E-state index contributed by atoms with van der Waals surface area (Å²) < 4.78 is 35.1. The topological polar surface area (TPSA) is 106 Å². The molecule has 0 bridgehead atoms. The SMILES string of the molecule is COc1ccccc1Oc1c(NOSOc2ccc(C(C)(C)C)cc2)nc(-c2ccncc2)nc1OCC1CCCO1. The number of methoxy groups -OCH3 is 1. The molecule has 3 heterocycles. The molecule has 2 aromatic heterocycles. The maximum Gasteiger partial charge on any atom is 0.263 e. The standard InChI is InChI=1S/C31H34N4O6S/c1-31(2,3)22-11-13-23(14-12-22)40-42-41-35-29-27(39-26-10-6-5-9-25(26)36-4)30(38-20-24-8-7-19-37-24)34-28(33-29)21-15-17-32-18-16-21/h5-6,9-18,24H,7-8,19-20H2,1-4H3,(H,33,34,35). The van der Waals surface area contributed by atoms with Crippen molar-refractivity contribution in [3.8, 4) is 40.3 Å². The van der Waals surface area contributed by atoms with Crippen LogP contribution in [0.15, 0.2) is 73.1 Å². The second kappa shape index (κ2) is 13.7. The Hall–Kier alpha value is -4.06. The fourth-order valence-electron chi connectivity index (χ4n) is 4.20. The van der Waals surface area contributed by atoms with Crippen LogP contribution in [-0.2, 0) is 14.4 Å².